The van der Waals surface area contributed by atoms with Crippen LogP contribution in [0.25, 0.3) is 0 Å². The summed E-state index contributed by atoms with van der Waals surface area (Å²) in [4.78, 5) is 5.35. The second-order valence-electron chi connectivity index (χ2n) is 4.53. The van der Waals surface area contributed by atoms with Crippen molar-refractivity contribution < 1.29 is 9.47 Å². The lowest BCUT2D eigenvalue weighted by atomic mass is 9.99. The minimum Gasteiger partial charge on any atom is -0.391 e. The summed E-state index contributed by atoms with van der Waals surface area (Å²) in [6.07, 6.45) is 2.66. The van der Waals surface area contributed by atoms with Gasteiger partial charge in [-0.1, -0.05) is 22.4 Å². The molecule has 2 aromatic rings. The van der Waals surface area contributed by atoms with Crippen molar-refractivity contribution in [2.24, 2.45) is 5.16 Å². The maximum atomic E-state index is 8.72. The molecule has 0 N–H and O–H groups in total. The topological polar surface area (TPSA) is 84.3 Å². The van der Waals surface area contributed by atoms with Crippen molar-refractivity contribution in [3.8, 4) is 6.07 Å². The highest BCUT2D eigenvalue weighted by atomic mass is 16.6. The number of aryl methyl sites for hydroxylation is 1. The third-order valence-electron chi connectivity index (χ3n) is 3.15. The molecule has 0 fully saturated rings. The molecule has 0 saturated carbocycles. The van der Waals surface area contributed by atoms with Crippen LogP contribution in [-0.2, 0) is 17.9 Å². The minimum atomic E-state index is 0.357. The molecule has 0 spiro atoms. The Morgan fingerprint density at radius 1 is 1.25 bits per heavy atom. The molecule has 1 heterocycles. The van der Waals surface area contributed by atoms with Crippen molar-refractivity contribution in [3.05, 3.63) is 46.8 Å². The Bertz CT molecular complexity index is 667. The highest BCUT2D eigenvalue weighted by molar-refractivity contribution is 6.00. The van der Waals surface area contributed by atoms with Gasteiger partial charge in [-0.05, 0) is 42.1 Å². The number of benzene rings is 1. The van der Waals surface area contributed by atoms with E-state index in [0.717, 1.165) is 36.2 Å². The molecule has 6 nitrogen and oxygen atoms in total. The summed E-state index contributed by atoms with van der Waals surface area (Å²) in [7, 11) is 0. The van der Waals surface area contributed by atoms with Crippen LogP contribution in [0.5, 0.6) is 0 Å². The first-order valence-corrected chi connectivity index (χ1v) is 6.36. The number of hydrogen-bond donors (Lipinski definition) is 0. The second-order valence-corrected chi connectivity index (χ2v) is 4.53. The molecule has 3 rings (SSSR count). The molecule has 0 aliphatic heterocycles. The van der Waals surface area contributed by atoms with E-state index in [-0.39, 0.29) is 0 Å². The minimum absolute atomic E-state index is 0.357. The van der Waals surface area contributed by atoms with Crippen molar-refractivity contribution in [2.45, 2.75) is 25.9 Å². The summed E-state index contributed by atoms with van der Waals surface area (Å²) < 4.78 is 4.72. The molecular weight excluding hydrogens is 256 g/mol. The predicted molar refractivity (Wildman–Crippen MR) is 69.7 cm³/mol. The average molecular weight is 268 g/mol. The van der Waals surface area contributed by atoms with Crippen LogP contribution in [0.3, 0.4) is 0 Å². The lowest BCUT2D eigenvalue weighted by Gasteiger charge is -2.09. The van der Waals surface area contributed by atoms with Crippen LogP contribution in [0, 0.1) is 11.3 Å². The fraction of sp³-hybridized carbons (Fsp3) is 0.286. The molecule has 0 bridgehead atoms. The van der Waals surface area contributed by atoms with E-state index in [1.807, 2.05) is 12.1 Å². The van der Waals surface area contributed by atoms with Gasteiger partial charge in [0.15, 0.2) is 5.69 Å². The van der Waals surface area contributed by atoms with Gasteiger partial charge in [-0.3, -0.25) is 0 Å². The van der Waals surface area contributed by atoms with E-state index in [9.17, 15) is 0 Å². The monoisotopic (exact) mass is 268 g/mol. The molecule has 6 heteroatoms. The van der Waals surface area contributed by atoms with Gasteiger partial charge in [0.2, 0.25) is 0 Å². The zero-order valence-corrected chi connectivity index (χ0v) is 10.7. The molecule has 0 saturated heterocycles. The second kappa shape index (κ2) is 5.53. The molecule has 1 aliphatic rings. The Balaban J connectivity index is 1.65. The number of nitrogens with zero attached hydrogens (tertiary/aromatic N) is 4. The third-order valence-corrected chi connectivity index (χ3v) is 3.15. The van der Waals surface area contributed by atoms with Gasteiger partial charge in [-0.15, -0.1) is 0 Å². The van der Waals surface area contributed by atoms with Crippen LogP contribution in [0.4, 0.5) is 0 Å². The summed E-state index contributed by atoms with van der Waals surface area (Å²) in [5, 5.41) is 20.5. The van der Waals surface area contributed by atoms with Gasteiger partial charge >= 0.3 is 0 Å². The Hall–Kier alpha value is -2.68. The van der Waals surface area contributed by atoms with Gasteiger partial charge in [-0.25, -0.2) is 4.63 Å². The number of rotatable bonds is 3. The highest BCUT2D eigenvalue weighted by Gasteiger charge is 2.21. The molecule has 1 aromatic carbocycles. The first-order chi connectivity index (χ1) is 9.86. The number of nitriles is 1. The van der Waals surface area contributed by atoms with E-state index < -0.39 is 0 Å². The maximum Gasteiger partial charge on any atom is 0.155 e. The molecule has 100 valence electrons. The van der Waals surface area contributed by atoms with Crippen LogP contribution in [0.15, 0.2) is 34.1 Å². The van der Waals surface area contributed by atoms with E-state index in [4.69, 9.17) is 14.7 Å². The van der Waals surface area contributed by atoms with E-state index in [1.165, 1.54) is 0 Å². The predicted octanol–water partition coefficient (Wildman–Crippen LogP) is 2.20. The fourth-order valence-corrected chi connectivity index (χ4v) is 2.08. The summed E-state index contributed by atoms with van der Waals surface area (Å²) in [6.45, 7) is 0.357. The van der Waals surface area contributed by atoms with Crippen LogP contribution in [0.2, 0.25) is 0 Å². The summed E-state index contributed by atoms with van der Waals surface area (Å²) in [5.41, 5.74) is 3.92. The normalized spacial score (nSPS) is 15.7. The molecule has 20 heavy (non-hydrogen) atoms. The lowest BCUT2D eigenvalue weighted by molar-refractivity contribution is 0.130. The Morgan fingerprint density at radius 2 is 2.10 bits per heavy atom. The van der Waals surface area contributed by atoms with Crippen LogP contribution in [0.1, 0.15) is 35.4 Å². The van der Waals surface area contributed by atoms with E-state index in [0.29, 0.717) is 17.9 Å². The van der Waals surface area contributed by atoms with Crippen molar-refractivity contribution in [3.63, 3.8) is 0 Å². The van der Waals surface area contributed by atoms with Crippen LogP contribution >= 0.6 is 0 Å². The standard InChI is InChI=1S/C14H12N4O2/c15-8-10-4-6-11(7-5-10)9-19-16-12-2-1-3-13-14(12)18-20-17-13/h4-7H,1-3,9H2. The summed E-state index contributed by atoms with van der Waals surface area (Å²) in [6, 6.07) is 9.29. The quantitative estimate of drug-likeness (QED) is 0.797. The first kappa shape index (κ1) is 12.4. The molecule has 1 aliphatic carbocycles. The Labute approximate surface area is 115 Å². The van der Waals surface area contributed by atoms with Gasteiger partial charge < -0.3 is 4.84 Å². The molecule has 0 atom stereocenters. The molecular formula is C14H12N4O2. The fourth-order valence-electron chi connectivity index (χ4n) is 2.08. The zero-order chi connectivity index (χ0) is 13.8. The van der Waals surface area contributed by atoms with Gasteiger partial charge in [-0.2, -0.15) is 5.26 Å². The van der Waals surface area contributed by atoms with Crippen LogP contribution in [-0.4, -0.2) is 16.0 Å². The first-order valence-electron chi connectivity index (χ1n) is 6.36. The Morgan fingerprint density at radius 3 is 2.90 bits per heavy atom. The van der Waals surface area contributed by atoms with E-state index >= 15 is 0 Å². The molecule has 0 unspecified atom stereocenters. The number of hydrogen-bond acceptors (Lipinski definition) is 6. The SMILES string of the molecule is N#Cc1ccc(CON=C2CCCc3nonc32)cc1. The van der Waals surface area contributed by atoms with Crippen molar-refractivity contribution in [1.82, 2.24) is 10.3 Å². The zero-order valence-electron chi connectivity index (χ0n) is 10.7. The third kappa shape index (κ3) is 2.52. The summed E-state index contributed by atoms with van der Waals surface area (Å²) >= 11 is 0. The molecule has 0 amide bonds. The molecule has 0 radical (unpaired) electrons. The smallest absolute Gasteiger partial charge is 0.155 e. The largest absolute Gasteiger partial charge is 0.391 e. The van der Waals surface area contributed by atoms with Gasteiger partial charge in [0, 0.05) is 0 Å². The van der Waals surface area contributed by atoms with Gasteiger partial charge in [0.05, 0.1) is 11.6 Å². The van der Waals surface area contributed by atoms with E-state index in [2.05, 4.69) is 21.5 Å². The van der Waals surface area contributed by atoms with Crippen molar-refractivity contribution in [2.75, 3.05) is 0 Å². The number of fused-ring (bicyclic) bond motifs is 1. The van der Waals surface area contributed by atoms with Crippen molar-refractivity contribution >= 4 is 5.71 Å². The molecule has 1 aromatic heterocycles. The average Bonchev–Trinajstić information content (AvgIpc) is 2.97. The van der Waals surface area contributed by atoms with E-state index in [1.54, 1.807) is 12.1 Å². The highest BCUT2D eigenvalue weighted by Crippen LogP contribution is 2.18. The lowest BCUT2D eigenvalue weighted by Crippen LogP contribution is -2.12. The van der Waals surface area contributed by atoms with Gasteiger partial charge in [0.1, 0.15) is 18.0 Å². The maximum absolute atomic E-state index is 8.72. The van der Waals surface area contributed by atoms with Gasteiger partial charge in [0.25, 0.3) is 0 Å². The van der Waals surface area contributed by atoms with Crippen LogP contribution < -0.4 is 0 Å². The summed E-state index contributed by atoms with van der Waals surface area (Å²) in [5.74, 6) is 0. The van der Waals surface area contributed by atoms with Crippen molar-refractivity contribution in [1.29, 1.82) is 5.26 Å². The Kier molecular flexibility index (Phi) is 3.42. The number of oxime groups is 1. The number of aromatic nitrogens is 2.